The van der Waals surface area contributed by atoms with Crippen molar-refractivity contribution in [2.75, 3.05) is 11.1 Å². The molecule has 2 heterocycles. The van der Waals surface area contributed by atoms with Crippen molar-refractivity contribution >= 4 is 35.1 Å². The van der Waals surface area contributed by atoms with Gasteiger partial charge >= 0.3 is 0 Å². The lowest BCUT2D eigenvalue weighted by Crippen LogP contribution is -2.24. The van der Waals surface area contributed by atoms with Gasteiger partial charge in [0.2, 0.25) is 5.91 Å². The number of thioether (sulfide) groups is 2. The van der Waals surface area contributed by atoms with E-state index >= 15 is 0 Å². The summed E-state index contributed by atoms with van der Waals surface area (Å²) < 4.78 is 15.3. The number of para-hydroxylation sites is 2. The molecule has 0 spiro atoms. The first-order chi connectivity index (χ1) is 14.0. The van der Waals surface area contributed by atoms with Crippen LogP contribution in [0.4, 0.5) is 10.1 Å². The fourth-order valence-corrected chi connectivity index (χ4v) is 5.01. The Hall–Kier alpha value is -2.58. The minimum absolute atomic E-state index is 0.00902. The van der Waals surface area contributed by atoms with Crippen LogP contribution in [0.25, 0.3) is 5.69 Å². The highest BCUT2D eigenvalue weighted by atomic mass is 32.2. The molecular formula is C21H18FN3O2S2. The van der Waals surface area contributed by atoms with Crippen LogP contribution in [0.5, 0.6) is 0 Å². The zero-order valence-corrected chi connectivity index (χ0v) is 17.2. The van der Waals surface area contributed by atoms with E-state index in [0.717, 1.165) is 23.9 Å². The number of halogens is 1. The number of rotatable bonds is 5. The zero-order chi connectivity index (χ0) is 20.4. The van der Waals surface area contributed by atoms with E-state index in [1.807, 2.05) is 30.3 Å². The first kappa shape index (κ1) is 19.7. The maximum absolute atomic E-state index is 13.8. The minimum Gasteiger partial charge on any atom is -0.323 e. The summed E-state index contributed by atoms with van der Waals surface area (Å²) >= 11 is 2.70. The van der Waals surface area contributed by atoms with E-state index in [4.69, 9.17) is 0 Å². The molecule has 0 saturated heterocycles. The third-order valence-electron chi connectivity index (χ3n) is 4.38. The molecule has 0 fully saturated rings. The minimum atomic E-state index is -0.492. The largest absolute Gasteiger partial charge is 0.323 e. The number of fused-ring (bicyclic) bond motifs is 1. The summed E-state index contributed by atoms with van der Waals surface area (Å²) in [6.07, 6.45) is 0.722. The number of nitrogens with zero attached hydrogens (tertiary/aromatic N) is 2. The fraction of sp³-hybridized carbons (Fsp3) is 0.190. The number of amides is 1. The van der Waals surface area contributed by atoms with E-state index in [0.29, 0.717) is 21.0 Å². The summed E-state index contributed by atoms with van der Waals surface area (Å²) in [6, 6.07) is 15.3. The lowest BCUT2D eigenvalue weighted by Gasteiger charge is -2.13. The van der Waals surface area contributed by atoms with Crippen molar-refractivity contribution in [3.05, 3.63) is 76.5 Å². The van der Waals surface area contributed by atoms with Gasteiger partial charge in [0, 0.05) is 11.7 Å². The molecule has 0 bridgehead atoms. The quantitative estimate of drug-likeness (QED) is 0.490. The summed E-state index contributed by atoms with van der Waals surface area (Å²) in [4.78, 5) is 30.8. The Balaban J connectivity index is 1.62. The smallest absolute Gasteiger partial charge is 0.272 e. The van der Waals surface area contributed by atoms with Crippen LogP contribution in [0.15, 0.2) is 69.4 Å². The summed E-state index contributed by atoms with van der Waals surface area (Å²) in [5, 5.41) is 3.31. The zero-order valence-electron chi connectivity index (χ0n) is 15.6. The Bertz CT molecular complexity index is 1120. The van der Waals surface area contributed by atoms with Crippen LogP contribution < -0.4 is 10.9 Å². The normalized spacial score (nSPS) is 15.2. The second-order valence-corrected chi connectivity index (χ2v) is 8.99. The molecular weight excluding hydrogens is 409 g/mol. The molecule has 1 aliphatic heterocycles. The Morgan fingerprint density at radius 3 is 2.72 bits per heavy atom. The molecule has 4 rings (SSSR count). The van der Waals surface area contributed by atoms with E-state index in [1.165, 1.54) is 23.9 Å². The maximum Gasteiger partial charge on any atom is 0.272 e. The standard InChI is InChI=1S/C21H18FN3O2S2/c1-13-11-17-19(29-13)20(27)25(14-7-3-2-4-8-14)21(24-17)28-12-18(26)23-16-10-6-5-9-15(16)22/h2-10,13H,11-12H2,1H3,(H,23,26). The SMILES string of the molecule is CC1Cc2nc(SCC(=O)Nc3ccccc3F)n(-c3ccccc3)c(=O)c2S1. The molecule has 29 heavy (non-hydrogen) atoms. The van der Waals surface area contributed by atoms with Crippen molar-refractivity contribution in [2.45, 2.75) is 28.6 Å². The summed E-state index contributed by atoms with van der Waals surface area (Å²) in [5.41, 5.74) is 1.49. The van der Waals surface area contributed by atoms with Gasteiger partial charge in [0.15, 0.2) is 5.16 Å². The number of hydrogen-bond donors (Lipinski definition) is 1. The van der Waals surface area contributed by atoms with Gasteiger partial charge in [-0.3, -0.25) is 14.2 Å². The van der Waals surface area contributed by atoms with Gasteiger partial charge in [0.1, 0.15) is 5.82 Å². The number of nitrogens with one attached hydrogen (secondary N) is 1. The number of carbonyl (C=O) groups is 1. The first-order valence-corrected chi connectivity index (χ1v) is 10.9. The predicted molar refractivity (Wildman–Crippen MR) is 115 cm³/mol. The van der Waals surface area contributed by atoms with Crippen LogP contribution in [0.3, 0.4) is 0 Å². The van der Waals surface area contributed by atoms with Crippen molar-refractivity contribution in [1.29, 1.82) is 0 Å². The molecule has 8 heteroatoms. The Morgan fingerprint density at radius 1 is 1.24 bits per heavy atom. The number of aromatic nitrogens is 2. The van der Waals surface area contributed by atoms with Crippen molar-refractivity contribution < 1.29 is 9.18 Å². The maximum atomic E-state index is 13.8. The third kappa shape index (κ3) is 4.23. The first-order valence-electron chi connectivity index (χ1n) is 9.08. The molecule has 148 valence electrons. The predicted octanol–water partition coefficient (Wildman–Crippen LogP) is 4.14. The van der Waals surface area contributed by atoms with Gasteiger partial charge in [-0.15, -0.1) is 11.8 Å². The topological polar surface area (TPSA) is 64.0 Å². The van der Waals surface area contributed by atoms with E-state index in [2.05, 4.69) is 17.2 Å². The van der Waals surface area contributed by atoms with Gasteiger partial charge in [-0.05, 0) is 24.3 Å². The van der Waals surface area contributed by atoms with E-state index in [-0.39, 0.29) is 22.9 Å². The Morgan fingerprint density at radius 2 is 1.97 bits per heavy atom. The summed E-state index contributed by atoms with van der Waals surface area (Å²) in [6.45, 7) is 2.06. The Kier molecular flexibility index (Phi) is 5.73. The summed E-state index contributed by atoms with van der Waals surface area (Å²) in [7, 11) is 0. The Labute approximate surface area is 175 Å². The third-order valence-corrected chi connectivity index (χ3v) is 6.53. The molecule has 1 atom stereocenters. The number of hydrogen-bond acceptors (Lipinski definition) is 5. The van der Waals surface area contributed by atoms with Gasteiger partial charge < -0.3 is 5.32 Å². The van der Waals surface area contributed by atoms with Crippen LogP contribution in [0, 0.1) is 5.82 Å². The highest BCUT2D eigenvalue weighted by Gasteiger charge is 2.27. The van der Waals surface area contributed by atoms with Crippen molar-refractivity contribution in [1.82, 2.24) is 9.55 Å². The van der Waals surface area contributed by atoms with Crippen molar-refractivity contribution in [2.24, 2.45) is 0 Å². The van der Waals surface area contributed by atoms with Gasteiger partial charge in [-0.1, -0.05) is 49.0 Å². The molecule has 3 aromatic rings. The van der Waals surface area contributed by atoms with Crippen LogP contribution in [-0.2, 0) is 11.2 Å². The highest BCUT2D eigenvalue weighted by molar-refractivity contribution is 8.00. The molecule has 1 amide bonds. The second-order valence-electron chi connectivity index (χ2n) is 6.60. The second kappa shape index (κ2) is 8.42. The van der Waals surface area contributed by atoms with E-state index in [1.54, 1.807) is 16.7 Å². The summed E-state index contributed by atoms with van der Waals surface area (Å²) in [5.74, 6) is -0.847. The molecule has 0 radical (unpaired) electrons. The van der Waals surface area contributed by atoms with Gasteiger partial charge in [0.25, 0.3) is 5.56 Å². The number of carbonyl (C=O) groups excluding carboxylic acids is 1. The molecule has 1 aromatic heterocycles. The average molecular weight is 428 g/mol. The average Bonchev–Trinajstić information content (AvgIpc) is 3.09. The van der Waals surface area contributed by atoms with Crippen LogP contribution in [0.1, 0.15) is 12.6 Å². The number of anilines is 1. The van der Waals surface area contributed by atoms with Gasteiger partial charge in [-0.25, -0.2) is 9.37 Å². The van der Waals surface area contributed by atoms with E-state index < -0.39 is 5.82 Å². The van der Waals surface area contributed by atoms with Crippen LogP contribution >= 0.6 is 23.5 Å². The lowest BCUT2D eigenvalue weighted by atomic mass is 10.2. The molecule has 1 N–H and O–H groups in total. The molecule has 0 aliphatic carbocycles. The monoisotopic (exact) mass is 427 g/mol. The van der Waals surface area contributed by atoms with Crippen LogP contribution in [-0.4, -0.2) is 26.5 Å². The lowest BCUT2D eigenvalue weighted by molar-refractivity contribution is -0.113. The van der Waals surface area contributed by atoms with E-state index in [9.17, 15) is 14.0 Å². The van der Waals surface area contributed by atoms with Crippen molar-refractivity contribution in [3.8, 4) is 5.69 Å². The van der Waals surface area contributed by atoms with Crippen LogP contribution in [0.2, 0.25) is 0 Å². The molecule has 2 aromatic carbocycles. The van der Waals surface area contributed by atoms with Crippen molar-refractivity contribution in [3.63, 3.8) is 0 Å². The molecule has 1 aliphatic rings. The number of benzene rings is 2. The highest BCUT2D eigenvalue weighted by Crippen LogP contribution is 2.34. The van der Waals surface area contributed by atoms with Gasteiger partial charge in [-0.2, -0.15) is 0 Å². The fourth-order valence-electron chi connectivity index (χ4n) is 3.08. The molecule has 0 saturated carbocycles. The molecule has 5 nitrogen and oxygen atoms in total. The molecule has 1 unspecified atom stereocenters. The van der Waals surface area contributed by atoms with Gasteiger partial charge in [0.05, 0.1) is 27.7 Å².